The summed E-state index contributed by atoms with van der Waals surface area (Å²) in [6.07, 6.45) is -0.317. The number of hydrogen-bond acceptors (Lipinski definition) is 5. The summed E-state index contributed by atoms with van der Waals surface area (Å²) in [6, 6.07) is 6.00. The van der Waals surface area contributed by atoms with Gasteiger partial charge in [0.05, 0.1) is 10.2 Å². The third-order valence-electron chi connectivity index (χ3n) is 2.78. The molecule has 0 bridgehead atoms. The largest absolute Gasteiger partial charge is 0.444 e. The molecule has 7 heteroatoms. The molecule has 0 spiro atoms. The first kappa shape index (κ1) is 17.0. The second-order valence-electron chi connectivity index (χ2n) is 5.96. The fraction of sp³-hybridized carbons (Fsp3) is 0.467. The van der Waals surface area contributed by atoms with Crippen LogP contribution in [0.25, 0.3) is 10.2 Å². The minimum absolute atomic E-state index is 0.317. The summed E-state index contributed by atoms with van der Waals surface area (Å²) in [6.45, 7) is 6.74. The van der Waals surface area contributed by atoms with Gasteiger partial charge < -0.3 is 15.0 Å². The number of ether oxygens (including phenoxy) is 1. The number of nitrogens with one attached hydrogen (secondary N) is 1. The van der Waals surface area contributed by atoms with Crippen molar-refractivity contribution in [2.45, 2.75) is 26.4 Å². The van der Waals surface area contributed by atoms with E-state index in [-0.39, 0.29) is 6.09 Å². The summed E-state index contributed by atoms with van der Waals surface area (Å²) in [7, 11) is 1.73. The normalized spacial score (nSPS) is 11.5. The van der Waals surface area contributed by atoms with E-state index < -0.39 is 5.60 Å². The molecule has 0 aliphatic rings. The van der Waals surface area contributed by atoms with E-state index in [9.17, 15) is 4.79 Å². The average molecular weight is 386 g/mol. The Morgan fingerprint density at radius 1 is 1.45 bits per heavy atom. The van der Waals surface area contributed by atoms with Crippen LogP contribution >= 0.6 is 27.3 Å². The van der Waals surface area contributed by atoms with Crippen LogP contribution in [0.4, 0.5) is 9.93 Å². The lowest BCUT2D eigenvalue weighted by atomic mass is 10.2. The molecule has 1 aromatic carbocycles. The molecule has 0 saturated carbocycles. The smallest absolute Gasteiger partial charge is 0.410 e. The number of carbonyl (C=O) groups excluding carboxylic acids is 1. The van der Waals surface area contributed by atoms with Crippen molar-refractivity contribution in [1.29, 1.82) is 0 Å². The standard InChI is InChI=1S/C15H20BrN3O2S/c1-15(2,3)21-14(20)19(4)8-7-17-13-18-11-6-5-10(16)9-12(11)22-13/h5-6,9H,7-8H2,1-4H3,(H,17,18). The van der Waals surface area contributed by atoms with Crippen LogP contribution in [0, 0.1) is 0 Å². The predicted molar refractivity (Wildman–Crippen MR) is 94.7 cm³/mol. The molecule has 120 valence electrons. The van der Waals surface area contributed by atoms with Gasteiger partial charge in [-0.25, -0.2) is 9.78 Å². The molecular formula is C15H20BrN3O2S. The molecule has 5 nitrogen and oxygen atoms in total. The van der Waals surface area contributed by atoms with E-state index in [0.29, 0.717) is 13.1 Å². The molecule has 0 aliphatic heterocycles. The van der Waals surface area contributed by atoms with Gasteiger partial charge in [0, 0.05) is 24.6 Å². The molecule has 1 heterocycles. The van der Waals surface area contributed by atoms with E-state index in [1.165, 1.54) is 0 Å². The number of nitrogens with zero attached hydrogens (tertiary/aromatic N) is 2. The Balaban J connectivity index is 1.85. The van der Waals surface area contributed by atoms with Gasteiger partial charge in [-0.2, -0.15) is 0 Å². The fourth-order valence-electron chi connectivity index (χ4n) is 1.74. The van der Waals surface area contributed by atoms with E-state index in [2.05, 4.69) is 26.2 Å². The van der Waals surface area contributed by atoms with Gasteiger partial charge in [-0.3, -0.25) is 0 Å². The van der Waals surface area contributed by atoms with Crippen LogP contribution in [0.15, 0.2) is 22.7 Å². The molecule has 0 atom stereocenters. The molecule has 1 aromatic heterocycles. The van der Waals surface area contributed by atoms with E-state index >= 15 is 0 Å². The molecule has 22 heavy (non-hydrogen) atoms. The summed E-state index contributed by atoms with van der Waals surface area (Å²) in [4.78, 5) is 17.9. The average Bonchev–Trinajstić information content (AvgIpc) is 2.78. The van der Waals surface area contributed by atoms with Crippen molar-refractivity contribution in [3.8, 4) is 0 Å². The number of amides is 1. The van der Waals surface area contributed by atoms with E-state index in [1.807, 2.05) is 39.0 Å². The Kier molecular flexibility index (Phi) is 5.28. The van der Waals surface area contributed by atoms with Crippen molar-refractivity contribution < 1.29 is 9.53 Å². The number of rotatable bonds is 4. The molecule has 1 amide bonds. The van der Waals surface area contributed by atoms with Gasteiger partial charge in [0.2, 0.25) is 0 Å². The Hall–Kier alpha value is -1.34. The van der Waals surface area contributed by atoms with Crippen molar-refractivity contribution in [3.05, 3.63) is 22.7 Å². The van der Waals surface area contributed by atoms with E-state index in [0.717, 1.165) is 19.8 Å². The maximum absolute atomic E-state index is 11.8. The zero-order valence-electron chi connectivity index (χ0n) is 13.1. The second kappa shape index (κ2) is 6.83. The first-order valence-electron chi connectivity index (χ1n) is 6.99. The molecule has 2 aromatic rings. The second-order valence-corrected chi connectivity index (χ2v) is 7.91. The van der Waals surface area contributed by atoms with E-state index in [4.69, 9.17) is 4.74 Å². The van der Waals surface area contributed by atoms with Crippen molar-refractivity contribution in [1.82, 2.24) is 9.88 Å². The number of likely N-dealkylation sites (N-methyl/N-ethyl adjacent to an activating group) is 1. The van der Waals surface area contributed by atoms with Crippen LogP contribution in [-0.2, 0) is 4.74 Å². The SMILES string of the molecule is CN(CCNc1nc2ccc(Br)cc2s1)C(=O)OC(C)(C)C. The molecule has 0 fully saturated rings. The highest BCUT2D eigenvalue weighted by Crippen LogP contribution is 2.28. The number of carbonyl (C=O) groups is 1. The van der Waals surface area contributed by atoms with Gasteiger partial charge in [-0.05, 0) is 39.0 Å². The quantitative estimate of drug-likeness (QED) is 0.850. The first-order chi connectivity index (χ1) is 10.2. The monoisotopic (exact) mass is 385 g/mol. The number of halogens is 1. The zero-order chi connectivity index (χ0) is 16.3. The minimum atomic E-state index is -0.473. The van der Waals surface area contributed by atoms with E-state index in [1.54, 1.807) is 23.3 Å². The Bertz CT molecular complexity index is 666. The third kappa shape index (κ3) is 4.84. The highest BCUT2D eigenvalue weighted by atomic mass is 79.9. The topological polar surface area (TPSA) is 54.5 Å². The van der Waals surface area contributed by atoms with Gasteiger partial charge in [0.15, 0.2) is 5.13 Å². The van der Waals surface area contributed by atoms with Crippen LogP contribution in [0.5, 0.6) is 0 Å². The molecule has 0 saturated heterocycles. The van der Waals surface area contributed by atoms with Crippen LogP contribution < -0.4 is 5.32 Å². The zero-order valence-corrected chi connectivity index (χ0v) is 15.5. The predicted octanol–water partition coefficient (Wildman–Crippen LogP) is 4.34. The highest BCUT2D eigenvalue weighted by molar-refractivity contribution is 9.10. The van der Waals surface area contributed by atoms with Crippen LogP contribution in [0.1, 0.15) is 20.8 Å². The molecule has 2 rings (SSSR count). The summed E-state index contributed by atoms with van der Waals surface area (Å²) in [5.41, 5.74) is 0.496. The van der Waals surface area contributed by atoms with Crippen LogP contribution in [0.3, 0.4) is 0 Å². The number of aromatic nitrogens is 1. The molecule has 0 radical (unpaired) electrons. The summed E-state index contributed by atoms with van der Waals surface area (Å²) >= 11 is 5.05. The summed E-state index contributed by atoms with van der Waals surface area (Å²) < 4.78 is 7.47. The lowest BCUT2D eigenvalue weighted by Gasteiger charge is -2.24. The van der Waals surface area contributed by atoms with Crippen molar-refractivity contribution in [2.75, 3.05) is 25.5 Å². The third-order valence-corrected chi connectivity index (χ3v) is 4.25. The van der Waals surface area contributed by atoms with Gasteiger partial charge in [0.25, 0.3) is 0 Å². The van der Waals surface area contributed by atoms with Gasteiger partial charge >= 0.3 is 6.09 Å². The minimum Gasteiger partial charge on any atom is -0.444 e. The number of benzene rings is 1. The summed E-state index contributed by atoms with van der Waals surface area (Å²) in [5.74, 6) is 0. The van der Waals surface area contributed by atoms with Gasteiger partial charge in [0.1, 0.15) is 5.60 Å². The number of thiazole rings is 1. The van der Waals surface area contributed by atoms with Crippen LogP contribution in [0.2, 0.25) is 0 Å². The Labute approximate surface area is 142 Å². The number of fused-ring (bicyclic) bond motifs is 1. The van der Waals surface area contributed by atoms with Crippen molar-refractivity contribution in [2.24, 2.45) is 0 Å². The Morgan fingerprint density at radius 2 is 2.18 bits per heavy atom. The van der Waals surface area contributed by atoms with Gasteiger partial charge in [-0.15, -0.1) is 0 Å². The number of anilines is 1. The molecule has 0 unspecified atom stereocenters. The molecule has 0 aliphatic carbocycles. The highest BCUT2D eigenvalue weighted by Gasteiger charge is 2.19. The van der Waals surface area contributed by atoms with Crippen molar-refractivity contribution >= 4 is 48.7 Å². The lowest BCUT2D eigenvalue weighted by Crippen LogP contribution is -2.36. The molecule has 1 N–H and O–H groups in total. The first-order valence-corrected chi connectivity index (χ1v) is 8.59. The molecular weight excluding hydrogens is 366 g/mol. The summed E-state index contributed by atoms with van der Waals surface area (Å²) in [5, 5.41) is 4.10. The number of hydrogen-bond donors (Lipinski definition) is 1. The van der Waals surface area contributed by atoms with Crippen LogP contribution in [-0.4, -0.2) is 41.7 Å². The fourth-order valence-corrected chi connectivity index (χ4v) is 3.18. The Morgan fingerprint density at radius 3 is 2.86 bits per heavy atom. The maximum atomic E-state index is 11.8. The maximum Gasteiger partial charge on any atom is 0.410 e. The van der Waals surface area contributed by atoms with Crippen molar-refractivity contribution in [3.63, 3.8) is 0 Å². The van der Waals surface area contributed by atoms with Gasteiger partial charge in [-0.1, -0.05) is 27.3 Å². The lowest BCUT2D eigenvalue weighted by molar-refractivity contribution is 0.0305.